The number of rotatable bonds is 3. The molecule has 2 heterocycles. The van der Waals surface area contributed by atoms with Gasteiger partial charge in [0.05, 0.1) is 11.3 Å². The molecule has 4 nitrogen and oxygen atoms in total. The van der Waals surface area contributed by atoms with E-state index in [2.05, 4.69) is 10.3 Å². The van der Waals surface area contributed by atoms with Crippen LogP contribution in [0.2, 0.25) is 0 Å². The molecule has 0 aromatic carbocycles. The van der Waals surface area contributed by atoms with Crippen LogP contribution in [0.5, 0.6) is 0 Å². The fourth-order valence-corrected chi connectivity index (χ4v) is 2.33. The Morgan fingerprint density at radius 3 is 2.94 bits per heavy atom. The zero-order chi connectivity index (χ0) is 12.4. The highest BCUT2D eigenvalue weighted by Gasteiger charge is 2.09. The standard InChI is InChI=1S/C12H15N3OS/c1-4-13-12-14-10(7-17-12)9-6-5-8(2)15(3)11(9)16/h5-7H,4H2,1-3H3,(H,13,14). The number of aromatic nitrogens is 2. The Morgan fingerprint density at radius 2 is 2.24 bits per heavy atom. The molecular weight excluding hydrogens is 234 g/mol. The van der Waals surface area contributed by atoms with Gasteiger partial charge in [0, 0.05) is 24.7 Å². The largest absolute Gasteiger partial charge is 0.362 e. The highest BCUT2D eigenvalue weighted by molar-refractivity contribution is 7.14. The van der Waals surface area contributed by atoms with E-state index >= 15 is 0 Å². The van der Waals surface area contributed by atoms with E-state index in [1.165, 1.54) is 11.3 Å². The van der Waals surface area contributed by atoms with Gasteiger partial charge < -0.3 is 9.88 Å². The fraction of sp³-hybridized carbons (Fsp3) is 0.333. The number of hydrogen-bond acceptors (Lipinski definition) is 4. The molecule has 0 unspecified atom stereocenters. The normalized spacial score (nSPS) is 10.5. The van der Waals surface area contributed by atoms with Crippen LogP contribution in [0.15, 0.2) is 22.3 Å². The van der Waals surface area contributed by atoms with Crippen molar-refractivity contribution in [1.29, 1.82) is 0 Å². The first-order chi connectivity index (χ1) is 8.13. The summed E-state index contributed by atoms with van der Waals surface area (Å²) in [5.74, 6) is 0. The Labute approximate surface area is 104 Å². The Hall–Kier alpha value is -1.62. The Bertz CT molecular complexity index is 586. The number of thiazole rings is 1. The lowest BCUT2D eigenvalue weighted by molar-refractivity contribution is 0.820. The van der Waals surface area contributed by atoms with Crippen molar-refractivity contribution >= 4 is 16.5 Å². The maximum absolute atomic E-state index is 12.1. The number of nitrogens with one attached hydrogen (secondary N) is 1. The van der Waals surface area contributed by atoms with Gasteiger partial charge >= 0.3 is 0 Å². The van der Waals surface area contributed by atoms with Gasteiger partial charge in [-0.2, -0.15) is 0 Å². The summed E-state index contributed by atoms with van der Waals surface area (Å²) in [5.41, 5.74) is 2.34. The van der Waals surface area contributed by atoms with E-state index in [-0.39, 0.29) is 5.56 Å². The maximum Gasteiger partial charge on any atom is 0.259 e. The SMILES string of the molecule is CCNc1nc(-c2ccc(C)n(C)c2=O)cs1. The second-order valence-corrected chi connectivity index (χ2v) is 4.68. The van der Waals surface area contributed by atoms with Gasteiger partial charge in [0.2, 0.25) is 0 Å². The zero-order valence-corrected chi connectivity index (χ0v) is 11.0. The quantitative estimate of drug-likeness (QED) is 0.907. The Balaban J connectivity index is 2.46. The second kappa shape index (κ2) is 4.71. The van der Waals surface area contributed by atoms with E-state index in [9.17, 15) is 4.79 Å². The fourth-order valence-electron chi connectivity index (χ4n) is 1.55. The van der Waals surface area contributed by atoms with E-state index in [0.717, 1.165) is 23.1 Å². The minimum atomic E-state index is -0.00153. The molecule has 0 aliphatic heterocycles. The van der Waals surface area contributed by atoms with Crippen molar-refractivity contribution in [2.45, 2.75) is 13.8 Å². The molecule has 0 spiro atoms. The number of nitrogens with zero attached hydrogens (tertiary/aromatic N) is 2. The van der Waals surface area contributed by atoms with Crippen molar-refractivity contribution in [1.82, 2.24) is 9.55 Å². The lowest BCUT2D eigenvalue weighted by atomic mass is 10.2. The molecule has 0 aliphatic rings. The van der Waals surface area contributed by atoms with Gasteiger partial charge in [-0.25, -0.2) is 4.98 Å². The molecule has 1 N–H and O–H groups in total. The lowest BCUT2D eigenvalue weighted by Crippen LogP contribution is -2.20. The van der Waals surface area contributed by atoms with Crippen molar-refractivity contribution in [2.24, 2.45) is 7.05 Å². The van der Waals surface area contributed by atoms with E-state index in [0.29, 0.717) is 5.56 Å². The van der Waals surface area contributed by atoms with Crippen molar-refractivity contribution in [3.63, 3.8) is 0 Å². The first kappa shape index (κ1) is 11.9. The predicted octanol–water partition coefficient (Wildman–Crippen LogP) is 2.25. The molecular formula is C12H15N3OS. The molecule has 0 aliphatic carbocycles. The van der Waals surface area contributed by atoms with Crippen LogP contribution >= 0.6 is 11.3 Å². The van der Waals surface area contributed by atoms with Crippen molar-refractivity contribution in [3.8, 4) is 11.3 Å². The van der Waals surface area contributed by atoms with Crippen LogP contribution in [0.3, 0.4) is 0 Å². The van der Waals surface area contributed by atoms with Gasteiger partial charge in [0.25, 0.3) is 5.56 Å². The van der Waals surface area contributed by atoms with Crippen molar-refractivity contribution < 1.29 is 0 Å². The van der Waals surface area contributed by atoms with Crippen LogP contribution in [0.4, 0.5) is 5.13 Å². The summed E-state index contributed by atoms with van der Waals surface area (Å²) in [4.78, 5) is 16.5. The van der Waals surface area contributed by atoms with Crippen LogP contribution in [0, 0.1) is 6.92 Å². The van der Waals surface area contributed by atoms with Gasteiger partial charge in [-0.05, 0) is 26.0 Å². The summed E-state index contributed by atoms with van der Waals surface area (Å²) in [6.45, 7) is 4.77. The summed E-state index contributed by atoms with van der Waals surface area (Å²) >= 11 is 1.52. The highest BCUT2D eigenvalue weighted by atomic mass is 32.1. The van der Waals surface area contributed by atoms with Gasteiger partial charge in [0.1, 0.15) is 0 Å². The van der Waals surface area contributed by atoms with Gasteiger partial charge in [-0.1, -0.05) is 0 Å². The first-order valence-corrected chi connectivity index (χ1v) is 6.38. The molecule has 2 aromatic heterocycles. The van der Waals surface area contributed by atoms with E-state index < -0.39 is 0 Å². The monoisotopic (exact) mass is 249 g/mol. The summed E-state index contributed by atoms with van der Waals surface area (Å²) in [6, 6.07) is 3.77. The zero-order valence-electron chi connectivity index (χ0n) is 10.2. The summed E-state index contributed by atoms with van der Waals surface area (Å²) in [6.07, 6.45) is 0. The Morgan fingerprint density at radius 1 is 1.47 bits per heavy atom. The molecule has 0 fully saturated rings. The van der Waals surface area contributed by atoms with E-state index in [1.807, 2.05) is 31.4 Å². The molecule has 0 amide bonds. The van der Waals surface area contributed by atoms with E-state index in [4.69, 9.17) is 0 Å². The number of hydrogen-bond donors (Lipinski definition) is 1. The number of pyridine rings is 1. The summed E-state index contributed by atoms with van der Waals surface area (Å²) in [7, 11) is 1.78. The number of anilines is 1. The predicted molar refractivity (Wildman–Crippen MR) is 71.7 cm³/mol. The first-order valence-electron chi connectivity index (χ1n) is 5.50. The molecule has 90 valence electrons. The van der Waals surface area contributed by atoms with Crippen LogP contribution in [0.1, 0.15) is 12.6 Å². The van der Waals surface area contributed by atoms with Crippen molar-refractivity contribution in [2.75, 3.05) is 11.9 Å². The van der Waals surface area contributed by atoms with Crippen LogP contribution in [-0.4, -0.2) is 16.1 Å². The molecule has 5 heteroatoms. The lowest BCUT2D eigenvalue weighted by Gasteiger charge is -2.04. The molecule has 0 radical (unpaired) electrons. The second-order valence-electron chi connectivity index (χ2n) is 3.82. The third-order valence-electron chi connectivity index (χ3n) is 2.66. The van der Waals surface area contributed by atoms with Gasteiger partial charge in [-0.15, -0.1) is 11.3 Å². The smallest absolute Gasteiger partial charge is 0.259 e. The third kappa shape index (κ3) is 2.24. The molecule has 2 aromatic rings. The number of aryl methyl sites for hydroxylation is 1. The van der Waals surface area contributed by atoms with Crippen molar-refractivity contribution in [3.05, 3.63) is 33.6 Å². The van der Waals surface area contributed by atoms with Crippen LogP contribution in [0.25, 0.3) is 11.3 Å². The van der Waals surface area contributed by atoms with Crippen LogP contribution in [-0.2, 0) is 7.05 Å². The third-order valence-corrected chi connectivity index (χ3v) is 3.46. The summed E-state index contributed by atoms with van der Waals surface area (Å²) < 4.78 is 1.64. The average Bonchev–Trinajstić information content (AvgIpc) is 2.75. The average molecular weight is 249 g/mol. The highest BCUT2D eigenvalue weighted by Crippen LogP contribution is 2.22. The molecule has 2 rings (SSSR count). The molecule has 0 atom stereocenters. The summed E-state index contributed by atoms with van der Waals surface area (Å²) in [5, 5.41) is 5.90. The molecule has 0 saturated heterocycles. The van der Waals surface area contributed by atoms with Crippen LogP contribution < -0.4 is 10.9 Å². The molecule has 0 bridgehead atoms. The Kier molecular flexibility index (Phi) is 3.28. The minimum absolute atomic E-state index is 0.00153. The molecule has 0 saturated carbocycles. The van der Waals surface area contributed by atoms with E-state index in [1.54, 1.807) is 11.6 Å². The van der Waals surface area contributed by atoms with Gasteiger partial charge in [0.15, 0.2) is 5.13 Å². The minimum Gasteiger partial charge on any atom is -0.362 e. The molecule has 17 heavy (non-hydrogen) atoms. The van der Waals surface area contributed by atoms with Gasteiger partial charge in [-0.3, -0.25) is 4.79 Å². The maximum atomic E-state index is 12.1. The topological polar surface area (TPSA) is 46.9 Å².